The predicted molar refractivity (Wildman–Crippen MR) is 84.5 cm³/mol. The lowest BCUT2D eigenvalue weighted by Crippen LogP contribution is -2.34. The van der Waals surface area contributed by atoms with Crippen LogP contribution in [-0.4, -0.2) is 28.0 Å². The van der Waals surface area contributed by atoms with Gasteiger partial charge in [0.05, 0.1) is 17.6 Å². The van der Waals surface area contributed by atoms with Crippen molar-refractivity contribution < 1.29 is 13.6 Å². The highest BCUT2D eigenvalue weighted by Gasteiger charge is 2.10. The number of halogens is 2. The van der Waals surface area contributed by atoms with Crippen molar-refractivity contribution in [1.29, 1.82) is 0 Å². The Bertz CT molecular complexity index is 614. The molecule has 0 aliphatic rings. The maximum Gasteiger partial charge on any atom is 0.196 e. The average Bonchev–Trinajstić information content (AvgIpc) is 2.92. The number of aromatic nitrogens is 2. The van der Waals surface area contributed by atoms with Crippen LogP contribution in [0.15, 0.2) is 27.3 Å². The second-order valence-electron chi connectivity index (χ2n) is 4.16. The summed E-state index contributed by atoms with van der Waals surface area (Å²) in [5, 5.41) is 18.6. The van der Waals surface area contributed by atoms with Crippen LogP contribution < -0.4 is 20.5 Å². The van der Waals surface area contributed by atoms with Crippen molar-refractivity contribution in [3.05, 3.63) is 34.2 Å². The van der Waals surface area contributed by atoms with Gasteiger partial charge in [-0.25, -0.2) is 9.02 Å². The van der Waals surface area contributed by atoms with Gasteiger partial charge in [0, 0.05) is 12.2 Å². The van der Waals surface area contributed by atoms with E-state index in [1.807, 2.05) is 0 Å². The lowest BCUT2D eigenvalue weighted by molar-refractivity contribution is 0.305. The van der Waals surface area contributed by atoms with Crippen LogP contribution in [0, 0.1) is 5.82 Å². The van der Waals surface area contributed by atoms with E-state index in [-0.39, 0.29) is 5.82 Å². The van der Waals surface area contributed by atoms with Crippen molar-refractivity contribution in [2.75, 3.05) is 23.7 Å². The van der Waals surface area contributed by atoms with Gasteiger partial charge in [0.15, 0.2) is 5.82 Å². The van der Waals surface area contributed by atoms with Crippen LogP contribution >= 0.6 is 15.9 Å². The summed E-state index contributed by atoms with van der Waals surface area (Å²) in [6.07, 6.45) is 0. The predicted octanol–water partition coefficient (Wildman–Crippen LogP) is 1.12. The first-order valence-electron chi connectivity index (χ1n) is 6.20. The van der Waals surface area contributed by atoms with Gasteiger partial charge < -0.3 is 15.2 Å². The summed E-state index contributed by atoms with van der Waals surface area (Å²) in [4.78, 5) is 0. The van der Waals surface area contributed by atoms with Crippen LogP contribution in [-0.2, 0) is 18.1 Å². The maximum absolute atomic E-state index is 13.1. The SMILES string of the molecule is N[S+]([O-])NCCNc1nonc1CNc1ccc(F)c(Br)c1. The molecule has 1 unspecified atom stereocenters. The molecule has 0 saturated heterocycles. The first-order chi connectivity index (χ1) is 10.6. The fourth-order valence-electron chi connectivity index (χ4n) is 1.58. The molecule has 5 N–H and O–H groups in total. The number of rotatable bonds is 8. The molecule has 22 heavy (non-hydrogen) atoms. The summed E-state index contributed by atoms with van der Waals surface area (Å²) < 4.78 is 31.4. The van der Waals surface area contributed by atoms with Crippen LogP contribution in [0.5, 0.6) is 0 Å². The van der Waals surface area contributed by atoms with Gasteiger partial charge in [-0.05, 0) is 39.3 Å². The van der Waals surface area contributed by atoms with Gasteiger partial charge in [0.2, 0.25) is 0 Å². The Labute approximate surface area is 137 Å². The van der Waals surface area contributed by atoms with E-state index in [1.165, 1.54) is 6.07 Å². The number of nitrogens with zero attached hydrogens (tertiary/aromatic N) is 2. The van der Waals surface area contributed by atoms with Crippen LogP contribution in [0.1, 0.15) is 5.69 Å². The Morgan fingerprint density at radius 2 is 2.14 bits per heavy atom. The number of nitrogens with one attached hydrogen (secondary N) is 3. The minimum Gasteiger partial charge on any atom is -0.579 e. The topological polar surface area (TPSA) is 124 Å². The first-order valence-corrected chi connectivity index (χ1v) is 8.21. The largest absolute Gasteiger partial charge is 0.579 e. The minimum atomic E-state index is -1.55. The summed E-state index contributed by atoms with van der Waals surface area (Å²) in [6, 6.07) is 4.59. The van der Waals surface area contributed by atoms with Crippen LogP contribution in [0.4, 0.5) is 15.9 Å². The molecule has 1 aromatic carbocycles. The zero-order valence-corrected chi connectivity index (χ0v) is 13.7. The molecule has 0 radical (unpaired) electrons. The first kappa shape index (κ1) is 17.0. The molecule has 2 rings (SSSR count). The van der Waals surface area contributed by atoms with E-state index in [9.17, 15) is 8.94 Å². The Balaban J connectivity index is 1.85. The zero-order valence-electron chi connectivity index (χ0n) is 11.3. The third kappa shape index (κ3) is 5.10. The van der Waals surface area contributed by atoms with E-state index >= 15 is 0 Å². The Hall–Kier alpha value is -1.40. The molecule has 1 heterocycles. The van der Waals surface area contributed by atoms with E-state index in [2.05, 4.69) is 46.2 Å². The van der Waals surface area contributed by atoms with Crippen molar-refractivity contribution >= 4 is 39.0 Å². The second kappa shape index (κ2) is 8.29. The Morgan fingerprint density at radius 3 is 2.86 bits per heavy atom. The summed E-state index contributed by atoms with van der Waals surface area (Å²) in [7, 11) is 0. The standard InChI is InChI=1S/C11H14BrFN6O2S/c12-8-5-7(1-2-9(8)13)16-6-10-11(19-21-18-10)15-3-4-17-22(14)20/h1-2,5,16-17H,3-4,6,14H2,(H,15,19). The second-order valence-corrected chi connectivity index (χ2v) is 5.90. The molecule has 11 heteroatoms. The van der Waals surface area contributed by atoms with Crippen LogP contribution in [0.25, 0.3) is 0 Å². The van der Waals surface area contributed by atoms with Gasteiger partial charge in [0.25, 0.3) is 0 Å². The minimum absolute atomic E-state index is 0.333. The van der Waals surface area contributed by atoms with Crippen molar-refractivity contribution in [1.82, 2.24) is 15.0 Å². The zero-order chi connectivity index (χ0) is 15.9. The van der Waals surface area contributed by atoms with Gasteiger partial charge >= 0.3 is 0 Å². The highest BCUT2D eigenvalue weighted by atomic mass is 79.9. The fraction of sp³-hybridized carbons (Fsp3) is 0.273. The molecule has 0 bridgehead atoms. The molecule has 0 fully saturated rings. The molecule has 8 nitrogen and oxygen atoms in total. The summed E-state index contributed by atoms with van der Waals surface area (Å²) >= 11 is 1.57. The van der Waals surface area contributed by atoms with Crippen LogP contribution in [0.3, 0.4) is 0 Å². The molecule has 0 saturated carbocycles. The van der Waals surface area contributed by atoms with E-state index < -0.39 is 11.5 Å². The van der Waals surface area contributed by atoms with Crippen molar-refractivity contribution in [3.8, 4) is 0 Å². The number of nitrogens with two attached hydrogens (primary N) is 1. The Morgan fingerprint density at radius 1 is 1.32 bits per heavy atom. The molecular weight excluding hydrogens is 379 g/mol. The molecule has 1 aromatic heterocycles. The van der Waals surface area contributed by atoms with Gasteiger partial charge in [-0.2, -0.15) is 0 Å². The molecule has 0 aliphatic heterocycles. The van der Waals surface area contributed by atoms with Crippen molar-refractivity contribution in [2.45, 2.75) is 6.54 Å². The smallest absolute Gasteiger partial charge is 0.196 e. The molecule has 120 valence electrons. The van der Waals surface area contributed by atoms with Gasteiger partial charge in [0.1, 0.15) is 23.1 Å². The van der Waals surface area contributed by atoms with E-state index in [4.69, 9.17) is 5.14 Å². The van der Waals surface area contributed by atoms with E-state index in [1.54, 1.807) is 12.1 Å². The number of hydrogen-bond acceptors (Lipinski definition) is 8. The van der Waals surface area contributed by atoms with Gasteiger partial charge in [-0.3, -0.25) is 0 Å². The normalized spacial score (nSPS) is 12.2. The molecular formula is C11H14BrFN6O2S. The highest BCUT2D eigenvalue weighted by Crippen LogP contribution is 2.21. The van der Waals surface area contributed by atoms with E-state index in [0.717, 1.165) is 5.69 Å². The van der Waals surface area contributed by atoms with Gasteiger partial charge in [-0.15, -0.1) is 9.86 Å². The molecule has 0 amide bonds. The number of hydrogen-bond donors (Lipinski definition) is 4. The van der Waals surface area contributed by atoms with Crippen molar-refractivity contribution in [3.63, 3.8) is 0 Å². The van der Waals surface area contributed by atoms with E-state index in [0.29, 0.717) is 35.6 Å². The lowest BCUT2D eigenvalue weighted by Gasteiger charge is -2.07. The van der Waals surface area contributed by atoms with Crippen molar-refractivity contribution in [2.24, 2.45) is 5.14 Å². The molecule has 2 aromatic rings. The summed E-state index contributed by atoms with van der Waals surface area (Å²) in [5.41, 5.74) is 1.29. The summed E-state index contributed by atoms with van der Waals surface area (Å²) in [5.74, 6) is 0.138. The third-order valence-electron chi connectivity index (χ3n) is 2.60. The fourth-order valence-corrected chi connectivity index (χ4v) is 2.26. The number of anilines is 2. The average molecular weight is 393 g/mol. The third-order valence-corrected chi connectivity index (χ3v) is 3.69. The number of benzene rings is 1. The monoisotopic (exact) mass is 392 g/mol. The molecule has 0 aliphatic carbocycles. The van der Waals surface area contributed by atoms with Gasteiger partial charge in [-0.1, -0.05) is 5.16 Å². The molecule has 1 atom stereocenters. The lowest BCUT2D eigenvalue weighted by atomic mass is 10.3. The quantitative estimate of drug-likeness (QED) is 0.389. The maximum atomic E-state index is 13.1. The Kier molecular flexibility index (Phi) is 6.39. The summed E-state index contributed by atoms with van der Waals surface area (Å²) in [6.45, 7) is 1.19. The highest BCUT2D eigenvalue weighted by molar-refractivity contribution is 9.10. The van der Waals surface area contributed by atoms with Crippen LogP contribution in [0.2, 0.25) is 0 Å². The molecule has 0 spiro atoms.